The van der Waals surface area contributed by atoms with Crippen molar-refractivity contribution in [3.8, 4) is 0 Å². The third-order valence-corrected chi connectivity index (χ3v) is 2.62. The fourth-order valence-corrected chi connectivity index (χ4v) is 1.41. The highest BCUT2D eigenvalue weighted by Crippen LogP contribution is 2.35. The molecule has 0 aliphatic rings. The monoisotopic (exact) mass is 315 g/mol. The average Bonchev–Trinajstić information content (AvgIpc) is 2.38. The van der Waals surface area contributed by atoms with Crippen molar-refractivity contribution in [3.05, 3.63) is 10.4 Å². The van der Waals surface area contributed by atoms with Crippen LogP contribution in [0.2, 0.25) is 0 Å². The minimum atomic E-state index is -4.93. The maximum Gasteiger partial charge on any atom is 0.470 e. The summed E-state index contributed by atoms with van der Waals surface area (Å²) in [6, 6.07) is -1.51. The molecule has 0 heterocycles. The molecule has 0 aromatic heterocycles. The standard InChI is InChI=1S/C7H14N3O9P/c8-10-9-3(1-11)5(13)7(15)6(14)4(12)2-19-20(16,17)18/h3,5-7,11,13-15H,1-2H2,(H2,16,17,18)/t3-,5-,6-,7-/m1/s1. The maximum absolute atomic E-state index is 11.2. The van der Waals surface area contributed by atoms with Crippen molar-refractivity contribution < 1.29 is 44.1 Å². The Morgan fingerprint density at radius 1 is 1.30 bits per heavy atom. The second kappa shape index (κ2) is 8.27. The Kier molecular flexibility index (Phi) is 7.83. The Morgan fingerprint density at radius 3 is 2.25 bits per heavy atom. The molecule has 0 saturated carbocycles. The van der Waals surface area contributed by atoms with Gasteiger partial charge in [-0.3, -0.25) is 9.32 Å². The van der Waals surface area contributed by atoms with Crippen LogP contribution in [-0.4, -0.2) is 73.6 Å². The summed E-state index contributed by atoms with van der Waals surface area (Å²) in [6.45, 7) is -2.07. The minimum Gasteiger partial charge on any atom is -0.396 e. The number of aliphatic hydroxyl groups is 4. The zero-order chi connectivity index (χ0) is 15.9. The molecule has 0 unspecified atom stereocenters. The molecule has 0 aromatic rings. The van der Waals surface area contributed by atoms with Crippen LogP contribution in [0.5, 0.6) is 0 Å². The van der Waals surface area contributed by atoms with Gasteiger partial charge in [-0.2, -0.15) is 0 Å². The second-order valence-electron chi connectivity index (χ2n) is 3.61. The van der Waals surface area contributed by atoms with Crippen LogP contribution < -0.4 is 0 Å². The van der Waals surface area contributed by atoms with Crippen LogP contribution in [0.15, 0.2) is 5.11 Å². The molecule has 0 saturated heterocycles. The number of phosphoric acid groups is 1. The Bertz CT molecular complexity index is 420. The van der Waals surface area contributed by atoms with E-state index in [1.807, 2.05) is 0 Å². The molecule has 0 rings (SSSR count). The van der Waals surface area contributed by atoms with E-state index in [2.05, 4.69) is 14.5 Å². The van der Waals surface area contributed by atoms with E-state index in [0.717, 1.165) is 0 Å². The van der Waals surface area contributed by atoms with Gasteiger partial charge in [-0.05, 0) is 5.53 Å². The Labute approximate surface area is 112 Å². The zero-order valence-corrected chi connectivity index (χ0v) is 10.8. The summed E-state index contributed by atoms with van der Waals surface area (Å²) >= 11 is 0. The minimum absolute atomic E-state index is 0.859. The van der Waals surface area contributed by atoms with Crippen molar-refractivity contribution in [2.24, 2.45) is 5.11 Å². The van der Waals surface area contributed by atoms with Crippen molar-refractivity contribution in [1.29, 1.82) is 0 Å². The predicted octanol–water partition coefficient (Wildman–Crippen LogP) is -2.58. The van der Waals surface area contributed by atoms with E-state index in [-0.39, 0.29) is 0 Å². The van der Waals surface area contributed by atoms with Crippen molar-refractivity contribution in [3.63, 3.8) is 0 Å². The molecule has 13 heteroatoms. The molecule has 0 aromatic carbocycles. The average molecular weight is 315 g/mol. The Hall–Kier alpha value is -1.07. The SMILES string of the molecule is [N-]=[N+]=N[C@H](CO)[C@@H](O)[C@@H](O)[C@H](O)C(=O)COP(=O)(O)O. The summed E-state index contributed by atoms with van der Waals surface area (Å²) in [4.78, 5) is 30.2. The number of carbonyl (C=O) groups excluding carboxylic acids is 1. The molecule has 0 aliphatic heterocycles. The molecule has 6 N–H and O–H groups in total. The molecule has 0 bridgehead atoms. The Morgan fingerprint density at radius 2 is 1.85 bits per heavy atom. The number of ketones is 1. The van der Waals surface area contributed by atoms with Crippen LogP contribution in [-0.2, 0) is 13.9 Å². The largest absolute Gasteiger partial charge is 0.470 e. The fraction of sp³-hybridized carbons (Fsp3) is 0.857. The number of hydrogen-bond donors (Lipinski definition) is 6. The molecule has 20 heavy (non-hydrogen) atoms. The first-order valence-corrected chi connectivity index (χ1v) is 6.59. The van der Waals surface area contributed by atoms with E-state index >= 15 is 0 Å². The van der Waals surface area contributed by atoms with E-state index in [4.69, 9.17) is 20.4 Å². The first-order valence-electron chi connectivity index (χ1n) is 5.06. The summed E-state index contributed by atoms with van der Waals surface area (Å²) in [5.41, 5.74) is 8.14. The van der Waals surface area contributed by atoms with Crippen molar-refractivity contribution in [1.82, 2.24) is 0 Å². The van der Waals surface area contributed by atoms with Gasteiger partial charge in [-0.15, -0.1) is 0 Å². The van der Waals surface area contributed by atoms with Crippen molar-refractivity contribution >= 4 is 13.6 Å². The lowest BCUT2D eigenvalue weighted by molar-refractivity contribution is -0.142. The van der Waals surface area contributed by atoms with Crippen LogP contribution in [0, 0.1) is 0 Å². The predicted molar refractivity (Wildman–Crippen MR) is 61.0 cm³/mol. The third-order valence-electron chi connectivity index (χ3n) is 2.16. The number of rotatable bonds is 9. The van der Waals surface area contributed by atoms with Crippen LogP contribution in [0.3, 0.4) is 0 Å². The van der Waals surface area contributed by atoms with Gasteiger partial charge in [0.1, 0.15) is 18.8 Å². The van der Waals surface area contributed by atoms with E-state index in [0.29, 0.717) is 0 Å². The van der Waals surface area contributed by atoms with Crippen LogP contribution in [0.4, 0.5) is 0 Å². The lowest BCUT2D eigenvalue weighted by Crippen LogP contribution is -2.48. The highest BCUT2D eigenvalue weighted by molar-refractivity contribution is 7.46. The molecule has 0 fully saturated rings. The summed E-state index contributed by atoms with van der Waals surface area (Å²) in [5.74, 6) is -1.32. The highest BCUT2D eigenvalue weighted by atomic mass is 31.2. The number of carbonyl (C=O) groups is 1. The number of Topliss-reactive ketones (excluding diaryl/α,β-unsaturated/α-hetero) is 1. The van der Waals surface area contributed by atoms with Gasteiger partial charge in [-0.25, -0.2) is 4.57 Å². The number of hydrogen-bond acceptors (Lipinski definition) is 8. The number of aliphatic hydroxyl groups excluding tert-OH is 4. The lowest BCUT2D eigenvalue weighted by atomic mass is 9.99. The van der Waals surface area contributed by atoms with Crippen LogP contribution in [0.1, 0.15) is 0 Å². The summed E-state index contributed by atoms with van der Waals surface area (Å²) in [7, 11) is -4.93. The van der Waals surface area contributed by atoms with Crippen molar-refractivity contribution in [2.45, 2.75) is 24.4 Å². The van der Waals surface area contributed by atoms with Gasteiger partial charge in [0.15, 0.2) is 5.78 Å². The normalized spacial score (nSPS) is 17.7. The van der Waals surface area contributed by atoms with Gasteiger partial charge in [0.2, 0.25) is 0 Å². The first-order chi connectivity index (χ1) is 9.14. The first kappa shape index (κ1) is 18.9. The van der Waals surface area contributed by atoms with Crippen LogP contribution >= 0.6 is 7.82 Å². The van der Waals surface area contributed by atoms with Gasteiger partial charge in [-0.1, -0.05) is 5.11 Å². The third kappa shape index (κ3) is 6.39. The summed E-state index contributed by atoms with van der Waals surface area (Å²) in [5, 5.41) is 40.0. The maximum atomic E-state index is 11.2. The summed E-state index contributed by atoms with van der Waals surface area (Å²) < 4.78 is 14.1. The number of phosphoric ester groups is 1. The number of nitrogens with zero attached hydrogens (tertiary/aromatic N) is 3. The second-order valence-corrected chi connectivity index (χ2v) is 4.85. The molecule has 4 atom stereocenters. The molecular formula is C7H14N3O9P. The molecule has 0 aliphatic carbocycles. The van der Waals surface area contributed by atoms with Gasteiger partial charge in [0.25, 0.3) is 0 Å². The number of azide groups is 1. The van der Waals surface area contributed by atoms with Gasteiger partial charge in [0, 0.05) is 4.91 Å². The van der Waals surface area contributed by atoms with Gasteiger partial charge < -0.3 is 30.2 Å². The lowest BCUT2D eigenvalue weighted by Gasteiger charge is -2.25. The molecule has 12 nitrogen and oxygen atoms in total. The topological polar surface area (TPSA) is 214 Å². The van der Waals surface area contributed by atoms with E-state index in [1.54, 1.807) is 0 Å². The zero-order valence-electron chi connectivity index (χ0n) is 9.92. The fourth-order valence-electron chi connectivity index (χ4n) is 1.12. The highest BCUT2D eigenvalue weighted by Gasteiger charge is 2.35. The van der Waals surface area contributed by atoms with Crippen LogP contribution in [0.25, 0.3) is 10.4 Å². The Balaban J connectivity index is 4.66. The molecule has 0 radical (unpaired) electrons. The van der Waals surface area contributed by atoms with E-state index in [1.165, 1.54) is 0 Å². The van der Waals surface area contributed by atoms with Gasteiger partial charge >= 0.3 is 7.82 Å². The van der Waals surface area contributed by atoms with Crippen molar-refractivity contribution in [2.75, 3.05) is 13.2 Å². The van der Waals surface area contributed by atoms with Gasteiger partial charge in [0.05, 0.1) is 18.8 Å². The van der Waals surface area contributed by atoms with E-state index < -0.39 is 51.2 Å². The molecular weight excluding hydrogens is 301 g/mol. The quantitative estimate of drug-likeness (QED) is 0.114. The molecule has 0 amide bonds. The molecule has 0 spiro atoms. The van der Waals surface area contributed by atoms with E-state index in [9.17, 15) is 24.7 Å². The molecule has 116 valence electrons. The summed E-state index contributed by atoms with van der Waals surface area (Å²) in [6.07, 6.45) is -6.37. The smallest absolute Gasteiger partial charge is 0.396 e.